The zero-order valence-electron chi connectivity index (χ0n) is 24.1. The number of carbonyl (C=O) groups excluding carboxylic acids is 2. The van der Waals surface area contributed by atoms with Crippen molar-refractivity contribution in [3.8, 4) is 0 Å². The molecule has 0 heterocycles. The van der Waals surface area contributed by atoms with Gasteiger partial charge in [-0.2, -0.15) is 0 Å². The molecule has 0 saturated carbocycles. The number of nitrogens with one attached hydrogen (secondary N) is 2. The lowest BCUT2D eigenvalue weighted by atomic mass is 10.0. The summed E-state index contributed by atoms with van der Waals surface area (Å²) < 4.78 is 25.5. The van der Waals surface area contributed by atoms with E-state index < -0.39 is 11.9 Å². The highest BCUT2D eigenvalue weighted by molar-refractivity contribution is 5.91. The topological polar surface area (TPSA) is 92.3 Å². The predicted molar refractivity (Wildman–Crippen MR) is 155 cm³/mol. The minimum atomic E-state index is -0.505. The first kappa shape index (κ1) is 34.7. The number of benzene rings is 1. The maximum Gasteiger partial charge on any atom is 0.224 e. The lowest BCUT2D eigenvalue weighted by Gasteiger charge is -2.18. The van der Waals surface area contributed by atoms with Crippen LogP contribution in [0.3, 0.4) is 0 Å². The van der Waals surface area contributed by atoms with E-state index in [0.29, 0.717) is 53.9 Å². The summed E-state index contributed by atoms with van der Waals surface area (Å²) in [6.45, 7) is 14.2. The summed E-state index contributed by atoms with van der Waals surface area (Å²) in [5.41, 5.74) is 1.90. The molecule has 8 nitrogen and oxygen atoms in total. The van der Waals surface area contributed by atoms with Crippen LogP contribution in [-0.4, -0.2) is 69.8 Å². The number of rotatable bonds is 15. The van der Waals surface area contributed by atoms with E-state index in [0.717, 1.165) is 0 Å². The number of aliphatic imine (C=N–C) groups is 1. The number of carbonyl (C=O) groups is 2. The maximum atomic E-state index is 15.1. The summed E-state index contributed by atoms with van der Waals surface area (Å²) in [5, 5.41) is 5.80. The molecule has 38 heavy (non-hydrogen) atoms. The highest BCUT2D eigenvalue weighted by Gasteiger charge is 2.17. The van der Waals surface area contributed by atoms with Crippen molar-refractivity contribution in [3.63, 3.8) is 0 Å². The Kier molecular flexibility index (Phi) is 18.0. The summed E-state index contributed by atoms with van der Waals surface area (Å²) in [6, 6.07) is 7.09. The third-order valence-electron chi connectivity index (χ3n) is 5.31. The van der Waals surface area contributed by atoms with Gasteiger partial charge in [0.15, 0.2) is 0 Å². The van der Waals surface area contributed by atoms with Crippen molar-refractivity contribution in [2.75, 3.05) is 45.1 Å². The van der Waals surface area contributed by atoms with Crippen LogP contribution in [0.25, 0.3) is 0 Å². The molecule has 9 heteroatoms. The number of methoxy groups -OCH3 is 1. The third kappa shape index (κ3) is 15.1. The molecule has 0 fully saturated rings. The van der Waals surface area contributed by atoms with Gasteiger partial charge in [-0.1, -0.05) is 6.58 Å². The Morgan fingerprint density at radius 1 is 1.13 bits per heavy atom. The average molecular weight is 533 g/mol. The second kappa shape index (κ2) is 19.8. The van der Waals surface area contributed by atoms with Gasteiger partial charge >= 0.3 is 0 Å². The highest BCUT2D eigenvalue weighted by atomic mass is 19.1. The summed E-state index contributed by atoms with van der Waals surface area (Å²) in [4.78, 5) is 28.5. The summed E-state index contributed by atoms with van der Waals surface area (Å²) in [7, 11) is 5.71. The molecule has 0 aliphatic heterocycles. The number of hydrogen-bond donors (Lipinski definition) is 2. The molecule has 0 saturated heterocycles. The van der Waals surface area contributed by atoms with Crippen LogP contribution in [0.4, 0.5) is 15.8 Å². The van der Waals surface area contributed by atoms with Gasteiger partial charge in [0.2, 0.25) is 5.91 Å². The van der Waals surface area contributed by atoms with Crippen molar-refractivity contribution in [2.45, 2.75) is 59.5 Å². The molecular formula is C29H45FN4O4. The first-order chi connectivity index (χ1) is 18.0. The van der Waals surface area contributed by atoms with Crippen LogP contribution >= 0.6 is 0 Å². The van der Waals surface area contributed by atoms with Crippen molar-refractivity contribution in [2.24, 2.45) is 4.99 Å². The number of amides is 1. The Morgan fingerprint density at radius 2 is 1.68 bits per heavy atom. The average Bonchev–Trinajstić information content (AvgIpc) is 2.84. The fraction of sp³-hybridized carbons (Fsp3) is 0.483. The molecule has 1 aromatic carbocycles. The molecule has 0 spiro atoms. The molecule has 0 aliphatic carbocycles. The molecule has 1 rings (SSSR count). The lowest BCUT2D eigenvalue weighted by Crippen LogP contribution is -2.20. The number of allylic oxidation sites excluding steroid dienone is 3. The van der Waals surface area contributed by atoms with Crippen molar-refractivity contribution >= 4 is 29.8 Å². The van der Waals surface area contributed by atoms with Gasteiger partial charge in [0.25, 0.3) is 0 Å². The zero-order valence-corrected chi connectivity index (χ0v) is 24.1. The summed E-state index contributed by atoms with van der Waals surface area (Å²) >= 11 is 0. The molecule has 1 amide bonds. The van der Waals surface area contributed by atoms with Crippen molar-refractivity contribution < 1.29 is 23.5 Å². The molecule has 0 radical (unpaired) electrons. The molecule has 212 valence electrons. The summed E-state index contributed by atoms with van der Waals surface area (Å²) in [5.74, 6) is -0.336. The van der Waals surface area contributed by atoms with Crippen LogP contribution in [0.1, 0.15) is 47.5 Å². The molecule has 2 N–H and O–H groups in total. The quantitative estimate of drug-likeness (QED) is 0.0982. The monoisotopic (exact) mass is 532 g/mol. The van der Waals surface area contributed by atoms with E-state index in [-0.39, 0.29) is 18.7 Å². The zero-order chi connectivity index (χ0) is 29.1. The number of anilines is 2. The van der Waals surface area contributed by atoms with Crippen LogP contribution in [0.5, 0.6) is 0 Å². The van der Waals surface area contributed by atoms with Gasteiger partial charge in [-0.15, -0.1) is 0 Å². The second-order valence-electron chi connectivity index (χ2n) is 8.93. The standard InChI is InChI=1S/C24H32FN3O4.C5H13N/c1-6-26-18(3)24(22(25)16-17(2)32-15-14-31-5)19(4)27-20-9-11-21(12-10-20)28-23(30)8-7-13-29;1-5(2)6(3)4/h6,9-13,16,18,27H,4,7-8,14-15H2,1-3,5H3,(H,28,30);5H,1-4H3/b17-16+,24-22-,26-6?;. The van der Waals surface area contributed by atoms with Gasteiger partial charge in [-0.3, -0.25) is 9.79 Å². The van der Waals surface area contributed by atoms with E-state index in [2.05, 4.69) is 55.0 Å². The smallest absolute Gasteiger partial charge is 0.224 e. The first-order valence-corrected chi connectivity index (χ1v) is 12.6. The van der Waals surface area contributed by atoms with Crippen LogP contribution in [0.2, 0.25) is 0 Å². The van der Waals surface area contributed by atoms with Crippen LogP contribution in [0, 0.1) is 0 Å². The van der Waals surface area contributed by atoms with Gasteiger partial charge in [0.05, 0.1) is 18.4 Å². The minimum Gasteiger partial charge on any atom is -0.496 e. The Morgan fingerprint density at radius 3 is 2.16 bits per heavy atom. The molecule has 0 bridgehead atoms. The number of hydrogen-bond acceptors (Lipinski definition) is 7. The van der Waals surface area contributed by atoms with E-state index in [1.807, 2.05) is 0 Å². The van der Waals surface area contributed by atoms with Gasteiger partial charge in [0.1, 0.15) is 18.7 Å². The van der Waals surface area contributed by atoms with E-state index in [9.17, 15) is 9.59 Å². The minimum absolute atomic E-state index is 0.131. The largest absolute Gasteiger partial charge is 0.496 e. The van der Waals surface area contributed by atoms with Crippen LogP contribution in [-0.2, 0) is 19.1 Å². The molecule has 1 aromatic rings. The van der Waals surface area contributed by atoms with E-state index in [4.69, 9.17) is 9.47 Å². The fourth-order valence-corrected chi connectivity index (χ4v) is 2.77. The van der Waals surface area contributed by atoms with Crippen LogP contribution < -0.4 is 10.6 Å². The Labute approximate surface area is 227 Å². The van der Waals surface area contributed by atoms with Crippen LogP contribution in [0.15, 0.2) is 64.8 Å². The van der Waals surface area contributed by atoms with Gasteiger partial charge < -0.3 is 29.8 Å². The Hall–Kier alpha value is -3.30. The van der Waals surface area contributed by atoms with E-state index in [1.165, 1.54) is 6.08 Å². The predicted octanol–water partition coefficient (Wildman–Crippen LogP) is 5.76. The second-order valence-corrected chi connectivity index (χ2v) is 8.93. The summed E-state index contributed by atoms with van der Waals surface area (Å²) in [6.07, 6.45) is 3.92. The Bertz CT molecular complexity index is 948. The lowest BCUT2D eigenvalue weighted by molar-refractivity contribution is -0.118. The van der Waals surface area contributed by atoms with Gasteiger partial charge in [0, 0.05) is 54.7 Å². The number of nitrogens with zero attached hydrogens (tertiary/aromatic N) is 2. The van der Waals surface area contributed by atoms with Crippen molar-refractivity contribution in [1.82, 2.24) is 4.90 Å². The Balaban J connectivity index is 0.00000203. The van der Waals surface area contributed by atoms with Gasteiger partial charge in [-0.25, -0.2) is 4.39 Å². The SMILES string of the molecule is C=C(Nc1ccc(NC(=O)CCC=O)cc1)/C(=C(F)/C=C(\C)OCCOC)C(C)N=CC.CC(C)N(C)C. The van der Waals surface area contributed by atoms with E-state index in [1.54, 1.807) is 58.4 Å². The van der Waals surface area contributed by atoms with Crippen molar-refractivity contribution in [1.29, 1.82) is 0 Å². The molecular weight excluding hydrogens is 487 g/mol. The normalized spacial score (nSPS) is 13.0. The molecule has 1 atom stereocenters. The maximum absolute atomic E-state index is 15.1. The third-order valence-corrected chi connectivity index (χ3v) is 5.31. The number of ether oxygens (including phenoxy) is 2. The molecule has 0 aliphatic rings. The molecule has 0 aromatic heterocycles. The number of halogens is 1. The highest BCUT2D eigenvalue weighted by Crippen LogP contribution is 2.25. The van der Waals surface area contributed by atoms with Crippen molar-refractivity contribution in [3.05, 3.63) is 59.8 Å². The fourth-order valence-electron chi connectivity index (χ4n) is 2.77. The molecule has 1 unspecified atom stereocenters. The number of aldehydes is 1. The van der Waals surface area contributed by atoms with Gasteiger partial charge in [-0.05, 0) is 79.2 Å². The van der Waals surface area contributed by atoms with E-state index >= 15 is 4.39 Å². The first-order valence-electron chi connectivity index (χ1n) is 12.6.